The number of unbranched alkanes of at least 4 members (excludes halogenated alkanes) is 1. The number of carboxylic acids is 1. The smallest absolute Gasteiger partial charge is 0.320 e. The van der Waals surface area contributed by atoms with Crippen molar-refractivity contribution >= 4 is 23.7 Å². The molecule has 10 nitrogen and oxygen atoms in total. The molecule has 0 saturated heterocycles. The lowest BCUT2D eigenvalue weighted by Gasteiger charge is -2.39. The number of hydrogen-bond acceptors (Lipinski definition) is 6. The number of rotatable bonds is 14. The number of carboxylic acid groups (broad SMARTS) is 1. The summed E-state index contributed by atoms with van der Waals surface area (Å²) >= 11 is 0. The van der Waals surface area contributed by atoms with Crippen LogP contribution in [-0.4, -0.2) is 78.5 Å². The lowest BCUT2D eigenvalue weighted by Crippen LogP contribution is -2.60. The molecule has 1 unspecified atom stereocenters. The van der Waals surface area contributed by atoms with E-state index in [1.165, 1.54) is 0 Å². The highest BCUT2D eigenvalue weighted by molar-refractivity contribution is 5.93. The maximum Gasteiger partial charge on any atom is 0.320 e. The standard InChI is InChI=1S/C28H53N5O5/c1-17(2)20(16-18(3)23(34)31-15-13-12-14-19(29)26(37)38)33(11)25(36)22(28(7,8)9)32-24(35)21(30-10)27(4,5)6/h16-17,19-22,30H,12-15,29H2,1-11H3,(H,31,34)(H,32,35)(H,37,38)/b18-16+/t19?,20-,21-,22-/m1/s1. The summed E-state index contributed by atoms with van der Waals surface area (Å²) < 4.78 is 0. The van der Waals surface area contributed by atoms with Gasteiger partial charge < -0.3 is 31.7 Å². The molecule has 4 atom stereocenters. The minimum absolute atomic E-state index is 0.0140. The van der Waals surface area contributed by atoms with E-state index in [-0.39, 0.29) is 35.1 Å². The summed E-state index contributed by atoms with van der Waals surface area (Å²) in [4.78, 5) is 52.0. The van der Waals surface area contributed by atoms with Crippen molar-refractivity contribution in [1.82, 2.24) is 20.9 Å². The molecule has 0 aromatic rings. The number of carbonyl (C=O) groups excluding carboxylic acids is 3. The molecule has 0 fully saturated rings. The Hall–Kier alpha value is -2.46. The van der Waals surface area contributed by atoms with Crippen LogP contribution < -0.4 is 21.7 Å². The summed E-state index contributed by atoms with van der Waals surface area (Å²) in [6.07, 6.45) is 3.33. The third kappa shape index (κ3) is 11.5. The van der Waals surface area contributed by atoms with E-state index in [0.29, 0.717) is 31.4 Å². The zero-order valence-electron chi connectivity index (χ0n) is 25.4. The zero-order chi connectivity index (χ0) is 30.0. The number of likely N-dealkylation sites (N-methyl/N-ethyl adjacent to an activating group) is 2. The number of carbonyl (C=O) groups is 4. The van der Waals surface area contributed by atoms with E-state index in [1.54, 1.807) is 32.0 Å². The monoisotopic (exact) mass is 539 g/mol. The fraction of sp³-hybridized carbons (Fsp3) is 0.786. The maximum atomic E-state index is 13.7. The SMILES string of the molecule is CN[C@H](C(=O)N[C@H](C(=O)N(C)[C@H](/C=C(\C)C(=O)NCCCCC(N)C(=O)O)C(C)C)C(C)(C)C)C(C)(C)C. The van der Waals surface area contributed by atoms with E-state index in [2.05, 4.69) is 16.0 Å². The fourth-order valence-corrected chi connectivity index (χ4v) is 4.22. The molecule has 10 heteroatoms. The van der Waals surface area contributed by atoms with Gasteiger partial charge in [0, 0.05) is 19.2 Å². The van der Waals surface area contributed by atoms with Crippen LogP contribution in [0.5, 0.6) is 0 Å². The Kier molecular flexibility index (Phi) is 14.2. The summed E-state index contributed by atoms with van der Waals surface area (Å²) in [5.41, 5.74) is 5.10. The fourth-order valence-electron chi connectivity index (χ4n) is 4.22. The molecule has 38 heavy (non-hydrogen) atoms. The van der Waals surface area contributed by atoms with Gasteiger partial charge in [-0.2, -0.15) is 0 Å². The third-order valence-electron chi connectivity index (χ3n) is 6.62. The van der Waals surface area contributed by atoms with Gasteiger partial charge >= 0.3 is 5.97 Å². The lowest BCUT2D eigenvalue weighted by molar-refractivity contribution is -0.141. The number of amides is 3. The normalized spacial score (nSPS) is 15.9. The Morgan fingerprint density at radius 2 is 1.50 bits per heavy atom. The van der Waals surface area contributed by atoms with Gasteiger partial charge in [0.2, 0.25) is 17.7 Å². The molecular formula is C28H53N5O5. The van der Waals surface area contributed by atoms with Crippen LogP contribution in [0.15, 0.2) is 11.6 Å². The van der Waals surface area contributed by atoms with Gasteiger partial charge in [0.15, 0.2) is 0 Å². The Morgan fingerprint density at radius 3 is 1.92 bits per heavy atom. The molecule has 0 aromatic carbocycles. The summed E-state index contributed by atoms with van der Waals surface area (Å²) in [6, 6.07) is -2.51. The Bertz CT molecular complexity index is 842. The van der Waals surface area contributed by atoms with E-state index in [4.69, 9.17) is 10.8 Å². The molecule has 0 heterocycles. The maximum absolute atomic E-state index is 13.7. The van der Waals surface area contributed by atoms with Crippen molar-refractivity contribution in [2.75, 3.05) is 20.6 Å². The Labute approximate surface area is 229 Å². The van der Waals surface area contributed by atoms with Gasteiger partial charge in [0.1, 0.15) is 12.1 Å². The van der Waals surface area contributed by atoms with Crippen molar-refractivity contribution < 1.29 is 24.3 Å². The summed E-state index contributed by atoms with van der Waals surface area (Å²) in [7, 11) is 3.43. The molecule has 0 rings (SSSR count). The summed E-state index contributed by atoms with van der Waals surface area (Å²) in [6.45, 7) is 17.7. The predicted molar refractivity (Wildman–Crippen MR) is 151 cm³/mol. The summed E-state index contributed by atoms with van der Waals surface area (Å²) in [5.74, 6) is -1.73. The number of aliphatic carboxylic acids is 1. The number of nitrogens with zero attached hydrogens (tertiary/aromatic N) is 1. The molecule has 0 spiro atoms. The molecule has 0 saturated carbocycles. The van der Waals surface area contributed by atoms with Gasteiger partial charge in [-0.3, -0.25) is 19.2 Å². The van der Waals surface area contributed by atoms with Crippen LogP contribution in [0.3, 0.4) is 0 Å². The minimum atomic E-state index is -1.03. The van der Waals surface area contributed by atoms with Crippen molar-refractivity contribution in [1.29, 1.82) is 0 Å². The first-order valence-electron chi connectivity index (χ1n) is 13.4. The molecule has 0 aliphatic heterocycles. The molecule has 3 amide bonds. The molecule has 0 radical (unpaired) electrons. The first-order chi connectivity index (χ1) is 17.2. The first kappa shape index (κ1) is 35.5. The molecule has 0 aliphatic carbocycles. The predicted octanol–water partition coefficient (Wildman–Crippen LogP) is 2.28. The number of hydrogen-bond donors (Lipinski definition) is 5. The van der Waals surface area contributed by atoms with Gasteiger partial charge in [-0.15, -0.1) is 0 Å². The van der Waals surface area contributed by atoms with Crippen LogP contribution >= 0.6 is 0 Å². The Morgan fingerprint density at radius 1 is 0.974 bits per heavy atom. The van der Waals surface area contributed by atoms with Gasteiger partial charge in [0.25, 0.3) is 0 Å². The van der Waals surface area contributed by atoms with E-state index in [9.17, 15) is 19.2 Å². The van der Waals surface area contributed by atoms with Crippen LogP contribution in [0, 0.1) is 16.7 Å². The van der Waals surface area contributed by atoms with Gasteiger partial charge in [-0.25, -0.2) is 0 Å². The molecule has 220 valence electrons. The minimum Gasteiger partial charge on any atom is -0.480 e. The number of nitrogens with one attached hydrogen (secondary N) is 3. The van der Waals surface area contributed by atoms with Crippen molar-refractivity contribution in [2.24, 2.45) is 22.5 Å². The first-order valence-corrected chi connectivity index (χ1v) is 13.4. The molecule has 0 aliphatic rings. The van der Waals surface area contributed by atoms with Crippen molar-refractivity contribution in [3.8, 4) is 0 Å². The third-order valence-corrected chi connectivity index (χ3v) is 6.62. The van der Waals surface area contributed by atoms with Crippen molar-refractivity contribution in [3.63, 3.8) is 0 Å². The largest absolute Gasteiger partial charge is 0.480 e. The molecular weight excluding hydrogens is 486 g/mol. The second kappa shape index (κ2) is 15.2. The topological polar surface area (TPSA) is 154 Å². The highest BCUT2D eigenvalue weighted by Gasteiger charge is 2.39. The van der Waals surface area contributed by atoms with Crippen molar-refractivity contribution in [2.45, 2.75) is 106 Å². The second-order valence-corrected chi connectivity index (χ2v) is 12.6. The summed E-state index contributed by atoms with van der Waals surface area (Å²) in [5, 5.41) is 17.7. The highest BCUT2D eigenvalue weighted by Crippen LogP contribution is 2.25. The second-order valence-electron chi connectivity index (χ2n) is 12.6. The van der Waals surface area contributed by atoms with E-state index < -0.39 is 29.5 Å². The van der Waals surface area contributed by atoms with Crippen LogP contribution in [0.4, 0.5) is 0 Å². The molecule has 6 N–H and O–H groups in total. The van der Waals surface area contributed by atoms with Crippen LogP contribution in [0.1, 0.15) is 81.6 Å². The van der Waals surface area contributed by atoms with Crippen molar-refractivity contribution in [3.05, 3.63) is 11.6 Å². The van der Waals surface area contributed by atoms with E-state index in [1.807, 2.05) is 55.4 Å². The van der Waals surface area contributed by atoms with E-state index in [0.717, 1.165) is 0 Å². The van der Waals surface area contributed by atoms with Crippen LogP contribution in [-0.2, 0) is 19.2 Å². The van der Waals surface area contributed by atoms with E-state index >= 15 is 0 Å². The van der Waals surface area contributed by atoms with Crippen LogP contribution in [0.2, 0.25) is 0 Å². The van der Waals surface area contributed by atoms with Gasteiger partial charge in [-0.05, 0) is 50.0 Å². The molecule has 0 bridgehead atoms. The lowest BCUT2D eigenvalue weighted by atomic mass is 9.83. The Balaban J connectivity index is 5.56. The highest BCUT2D eigenvalue weighted by atomic mass is 16.4. The van der Waals surface area contributed by atoms with Gasteiger partial charge in [-0.1, -0.05) is 61.5 Å². The molecule has 0 aromatic heterocycles. The average Bonchev–Trinajstić information content (AvgIpc) is 2.77. The average molecular weight is 540 g/mol. The zero-order valence-corrected chi connectivity index (χ0v) is 25.4. The number of nitrogens with two attached hydrogens (primary N) is 1. The van der Waals surface area contributed by atoms with Crippen LogP contribution in [0.25, 0.3) is 0 Å². The van der Waals surface area contributed by atoms with Gasteiger partial charge in [0.05, 0.1) is 12.1 Å². The quantitative estimate of drug-likeness (QED) is 0.168.